The van der Waals surface area contributed by atoms with Crippen molar-refractivity contribution in [2.24, 2.45) is 0 Å². The monoisotopic (exact) mass is 432 g/mol. The molecule has 166 valence electrons. The molecule has 7 heteroatoms. The molecule has 1 aliphatic rings. The van der Waals surface area contributed by atoms with Crippen molar-refractivity contribution >= 4 is 28.4 Å². The lowest BCUT2D eigenvalue weighted by Crippen LogP contribution is -2.52. The van der Waals surface area contributed by atoms with Gasteiger partial charge in [0.05, 0.1) is 31.4 Å². The van der Waals surface area contributed by atoms with E-state index >= 15 is 0 Å². The van der Waals surface area contributed by atoms with Crippen LogP contribution < -0.4 is 20.3 Å². The van der Waals surface area contributed by atoms with E-state index in [2.05, 4.69) is 15.6 Å². The number of amides is 2. The summed E-state index contributed by atoms with van der Waals surface area (Å²) in [5.74, 6) is 0.306. The van der Waals surface area contributed by atoms with Crippen molar-refractivity contribution in [3.63, 3.8) is 0 Å². The van der Waals surface area contributed by atoms with E-state index in [-0.39, 0.29) is 17.9 Å². The lowest BCUT2D eigenvalue weighted by atomic mass is 10.1. The van der Waals surface area contributed by atoms with E-state index in [1.54, 1.807) is 32.2 Å². The minimum Gasteiger partial charge on any atom is -0.495 e. The van der Waals surface area contributed by atoms with Crippen LogP contribution in [0.3, 0.4) is 0 Å². The Balaban J connectivity index is 1.76. The van der Waals surface area contributed by atoms with Gasteiger partial charge >= 0.3 is 0 Å². The van der Waals surface area contributed by atoms with Crippen LogP contribution >= 0.6 is 0 Å². The number of ether oxygens (including phenoxy) is 1. The molecule has 0 radical (unpaired) electrons. The van der Waals surface area contributed by atoms with Crippen molar-refractivity contribution in [2.45, 2.75) is 38.4 Å². The molecule has 2 atom stereocenters. The highest BCUT2D eigenvalue weighted by Gasteiger charge is 2.33. The third-order valence-corrected chi connectivity index (χ3v) is 6.08. The predicted molar refractivity (Wildman–Crippen MR) is 125 cm³/mol. The fourth-order valence-corrected chi connectivity index (χ4v) is 4.12. The Morgan fingerprint density at radius 1 is 1.22 bits per heavy atom. The maximum absolute atomic E-state index is 13.7. The smallest absolute Gasteiger partial charge is 0.249 e. The standard InChI is InChI=1S/C25H28N4O3/c1-16(26-2)24(30)28-21-13-12-17-8-4-7-11-22(17)29(25(21)31)15-19-18-9-5-6-10-20(18)27-14-23(19)32-3/h4-11,14,16,21,26H,12-13,15H2,1-3H3,(H,28,30)/t16?,21-/m0/s1. The molecule has 2 heterocycles. The summed E-state index contributed by atoms with van der Waals surface area (Å²) in [4.78, 5) is 32.5. The van der Waals surface area contributed by atoms with Gasteiger partial charge in [-0.3, -0.25) is 14.6 Å². The number of hydrogen-bond donors (Lipinski definition) is 2. The molecule has 0 saturated heterocycles. The second-order valence-electron chi connectivity index (χ2n) is 7.99. The van der Waals surface area contributed by atoms with Gasteiger partial charge in [-0.1, -0.05) is 36.4 Å². The normalized spacial score (nSPS) is 16.9. The molecule has 4 rings (SSSR count). The molecule has 0 fully saturated rings. The fourth-order valence-electron chi connectivity index (χ4n) is 4.12. The quantitative estimate of drug-likeness (QED) is 0.626. The molecule has 32 heavy (non-hydrogen) atoms. The molecule has 2 amide bonds. The van der Waals surface area contributed by atoms with Gasteiger partial charge in [0, 0.05) is 16.6 Å². The summed E-state index contributed by atoms with van der Waals surface area (Å²) in [6, 6.07) is 14.7. The number of pyridine rings is 1. The molecule has 1 aliphatic heterocycles. The number of likely N-dealkylation sites (N-methyl/N-ethyl adjacent to an activating group) is 1. The Bertz CT molecular complexity index is 1150. The summed E-state index contributed by atoms with van der Waals surface area (Å²) < 4.78 is 5.61. The number of methoxy groups -OCH3 is 1. The first-order chi connectivity index (χ1) is 15.5. The number of anilines is 1. The first kappa shape index (κ1) is 21.8. The number of aromatic nitrogens is 1. The number of aryl methyl sites for hydroxylation is 1. The first-order valence-electron chi connectivity index (χ1n) is 10.8. The molecular weight excluding hydrogens is 404 g/mol. The summed E-state index contributed by atoms with van der Waals surface area (Å²) in [5, 5.41) is 6.80. The third kappa shape index (κ3) is 4.16. The average Bonchev–Trinajstić information content (AvgIpc) is 2.95. The molecule has 0 saturated carbocycles. The van der Waals surface area contributed by atoms with E-state index in [1.807, 2.05) is 48.5 Å². The van der Waals surface area contributed by atoms with Crippen molar-refractivity contribution < 1.29 is 14.3 Å². The topological polar surface area (TPSA) is 83.6 Å². The zero-order valence-electron chi connectivity index (χ0n) is 18.6. The molecule has 2 aromatic carbocycles. The highest BCUT2D eigenvalue weighted by atomic mass is 16.5. The van der Waals surface area contributed by atoms with E-state index in [4.69, 9.17) is 4.74 Å². The van der Waals surface area contributed by atoms with Gasteiger partial charge in [0.2, 0.25) is 11.8 Å². The maximum atomic E-state index is 13.7. The number of fused-ring (bicyclic) bond motifs is 2. The summed E-state index contributed by atoms with van der Waals surface area (Å²) in [5.41, 5.74) is 3.67. The van der Waals surface area contributed by atoms with Gasteiger partial charge in [-0.25, -0.2) is 0 Å². The van der Waals surface area contributed by atoms with Crippen LogP contribution in [0.1, 0.15) is 24.5 Å². The second kappa shape index (κ2) is 9.36. The first-order valence-corrected chi connectivity index (χ1v) is 10.8. The van der Waals surface area contributed by atoms with Crippen molar-refractivity contribution in [2.75, 3.05) is 19.1 Å². The van der Waals surface area contributed by atoms with Crippen LogP contribution in [0, 0.1) is 0 Å². The van der Waals surface area contributed by atoms with Gasteiger partial charge in [0.1, 0.15) is 11.8 Å². The minimum absolute atomic E-state index is 0.130. The Kier molecular flexibility index (Phi) is 6.37. The van der Waals surface area contributed by atoms with Crippen LogP contribution in [0.4, 0.5) is 5.69 Å². The van der Waals surface area contributed by atoms with Crippen molar-refractivity contribution in [3.05, 3.63) is 65.9 Å². The minimum atomic E-state index is -0.607. The van der Waals surface area contributed by atoms with Gasteiger partial charge in [0.25, 0.3) is 0 Å². The molecule has 1 aromatic heterocycles. The van der Waals surface area contributed by atoms with E-state index in [9.17, 15) is 9.59 Å². The van der Waals surface area contributed by atoms with Crippen molar-refractivity contribution in [3.8, 4) is 5.75 Å². The third-order valence-electron chi connectivity index (χ3n) is 6.08. The molecule has 3 aromatic rings. The number of carbonyl (C=O) groups excluding carboxylic acids is 2. The summed E-state index contributed by atoms with van der Waals surface area (Å²) >= 11 is 0. The van der Waals surface area contributed by atoms with Gasteiger partial charge in [-0.05, 0) is 44.5 Å². The zero-order valence-corrected chi connectivity index (χ0v) is 18.6. The number of benzene rings is 2. The highest BCUT2D eigenvalue weighted by Crippen LogP contribution is 2.33. The maximum Gasteiger partial charge on any atom is 0.249 e. The van der Waals surface area contributed by atoms with Crippen molar-refractivity contribution in [1.82, 2.24) is 15.6 Å². The fraction of sp³-hybridized carbons (Fsp3) is 0.320. The second-order valence-corrected chi connectivity index (χ2v) is 7.99. The summed E-state index contributed by atoms with van der Waals surface area (Å²) in [7, 11) is 3.33. The van der Waals surface area contributed by atoms with Crippen LogP contribution in [0.2, 0.25) is 0 Å². The molecule has 7 nitrogen and oxygen atoms in total. The van der Waals surface area contributed by atoms with Crippen LogP contribution in [0.25, 0.3) is 10.9 Å². The van der Waals surface area contributed by atoms with Crippen LogP contribution in [0.5, 0.6) is 5.75 Å². The van der Waals surface area contributed by atoms with Gasteiger partial charge < -0.3 is 20.3 Å². The SMILES string of the molecule is CNC(C)C(=O)N[C@H]1CCc2ccccc2N(Cc2c(OC)cnc3ccccc23)C1=O. The van der Waals surface area contributed by atoms with Crippen molar-refractivity contribution in [1.29, 1.82) is 0 Å². The number of nitrogens with one attached hydrogen (secondary N) is 2. The number of nitrogens with zero attached hydrogens (tertiary/aromatic N) is 2. The Labute approximate surface area is 187 Å². The summed E-state index contributed by atoms with van der Waals surface area (Å²) in [6.45, 7) is 2.09. The molecule has 0 spiro atoms. The Morgan fingerprint density at radius 3 is 2.75 bits per heavy atom. The lowest BCUT2D eigenvalue weighted by Gasteiger charge is -2.28. The molecule has 0 bridgehead atoms. The van der Waals surface area contributed by atoms with Crippen LogP contribution in [-0.4, -0.2) is 43.0 Å². The van der Waals surface area contributed by atoms with Gasteiger partial charge in [0.15, 0.2) is 0 Å². The van der Waals surface area contributed by atoms with E-state index in [0.717, 1.165) is 27.7 Å². The number of carbonyl (C=O) groups is 2. The number of hydrogen-bond acceptors (Lipinski definition) is 5. The molecular formula is C25H28N4O3. The van der Waals surface area contributed by atoms with E-state index in [1.165, 1.54) is 0 Å². The predicted octanol–water partition coefficient (Wildman–Crippen LogP) is 2.82. The van der Waals surface area contributed by atoms with E-state index in [0.29, 0.717) is 25.1 Å². The number of para-hydroxylation sites is 2. The Hall–Kier alpha value is -3.45. The van der Waals surface area contributed by atoms with Crippen LogP contribution in [0.15, 0.2) is 54.7 Å². The molecule has 0 aliphatic carbocycles. The summed E-state index contributed by atoms with van der Waals surface area (Å²) in [6.07, 6.45) is 2.94. The number of rotatable bonds is 6. The highest BCUT2D eigenvalue weighted by molar-refractivity contribution is 6.01. The molecule has 1 unspecified atom stereocenters. The van der Waals surface area contributed by atoms with Crippen LogP contribution in [-0.2, 0) is 22.6 Å². The van der Waals surface area contributed by atoms with Gasteiger partial charge in [-0.2, -0.15) is 0 Å². The van der Waals surface area contributed by atoms with E-state index < -0.39 is 6.04 Å². The largest absolute Gasteiger partial charge is 0.495 e. The average molecular weight is 433 g/mol. The lowest BCUT2D eigenvalue weighted by molar-refractivity contribution is -0.128. The Morgan fingerprint density at radius 2 is 1.97 bits per heavy atom. The zero-order chi connectivity index (χ0) is 22.7. The van der Waals surface area contributed by atoms with Gasteiger partial charge in [-0.15, -0.1) is 0 Å². The molecule has 2 N–H and O–H groups in total.